The lowest BCUT2D eigenvalue weighted by molar-refractivity contribution is 0.301. The first kappa shape index (κ1) is 11.2. The second-order valence-corrected chi connectivity index (χ2v) is 5.81. The largest absolute Gasteiger partial charge is 0.314 e. The number of nitrogens with one attached hydrogen (secondary N) is 1. The summed E-state index contributed by atoms with van der Waals surface area (Å²) < 4.78 is 0. The van der Waals surface area contributed by atoms with E-state index in [0.29, 0.717) is 5.92 Å². The Morgan fingerprint density at radius 3 is 3.12 bits per heavy atom. The number of aromatic nitrogens is 1. The van der Waals surface area contributed by atoms with Crippen molar-refractivity contribution in [3.63, 3.8) is 0 Å². The van der Waals surface area contributed by atoms with Gasteiger partial charge in [-0.3, -0.25) is 4.98 Å². The predicted molar refractivity (Wildman–Crippen MR) is 70.1 cm³/mol. The molecule has 3 unspecified atom stereocenters. The second kappa shape index (κ2) is 4.77. The zero-order valence-corrected chi connectivity index (χ0v) is 10.7. The first-order chi connectivity index (χ1) is 8.33. The number of pyridine rings is 1. The molecule has 0 amide bonds. The van der Waals surface area contributed by atoms with Crippen LogP contribution in [0.4, 0.5) is 0 Å². The summed E-state index contributed by atoms with van der Waals surface area (Å²) in [6.45, 7) is 3.54. The molecule has 1 aliphatic carbocycles. The standard InChI is InChI=1S/C15H22N2/c1-11-4-7-14(17-10-11)9-13-6-5-12-3-2-8-16-15(12)13/h2-3,8,11,13-14,17H,4-7,9-10H2,1H3. The molecule has 1 fully saturated rings. The van der Waals surface area contributed by atoms with Crippen LogP contribution >= 0.6 is 0 Å². The van der Waals surface area contributed by atoms with E-state index in [9.17, 15) is 0 Å². The summed E-state index contributed by atoms with van der Waals surface area (Å²) >= 11 is 0. The van der Waals surface area contributed by atoms with Crippen molar-refractivity contribution in [2.24, 2.45) is 5.92 Å². The van der Waals surface area contributed by atoms with Crippen molar-refractivity contribution in [3.8, 4) is 0 Å². The quantitative estimate of drug-likeness (QED) is 0.845. The van der Waals surface area contributed by atoms with E-state index in [0.717, 1.165) is 12.0 Å². The Balaban J connectivity index is 1.64. The summed E-state index contributed by atoms with van der Waals surface area (Å²) in [5.41, 5.74) is 2.87. The Bertz CT molecular complexity index is 380. The molecule has 2 aliphatic rings. The van der Waals surface area contributed by atoms with Crippen molar-refractivity contribution in [3.05, 3.63) is 29.6 Å². The van der Waals surface area contributed by atoms with Crippen molar-refractivity contribution in [1.82, 2.24) is 10.3 Å². The molecule has 1 aromatic rings. The lowest BCUT2D eigenvalue weighted by atomic mass is 9.89. The van der Waals surface area contributed by atoms with Gasteiger partial charge in [0.05, 0.1) is 0 Å². The molecular weight excluding hydrogens is 208 g/mol. The van der Waals surface area contributed by atoms with Crippen molar-refractivity contribution < 1.29 is 0 Å². The van der Waals surface area contributed by atoms with E-state index in [1.165, 1.54) is 49.9 Å². The van der Waals surface area contributed by atoms with Crippen LogP contribution in [0.1, 0.15) is 49.8 Å². The fourth-order valence-electron chi connectivity index (χ4n) is 3.33. The number of nitrogens with zero attached hydrogens (tertiary/aromatic N) is 1. The fourth-order valence-corrected chi connectivity index (χ4v) is 3.33. The van der Waals surface area contributed by atoms with Gasteiger partial charge in [-0.1, -0.05) is 13.0 Å². The number of aryl methyl sites for hydroxylation is 1. The van der Waals surface area contributed by atoms with Gasteiger partial charge in [0.1, 0.15) is 0 Å². The highest BCUT2D eigenvalue weighted by Crippen LogP contribution is 2.35. The smallest absolute Gasteiger partial charge is 0.0467 e. The van der Waals surface area contributed by atoms with Crippen LogP contribution < -0.4 is 5.32 Å². The van der Waals surface area contributed by atoms with Gasteiger partial charge >= 0.3 is 0 Å². The highest BCUT2D eigenvalue weighted by Gasteiger charge is 2.27. The fraction of sp³-hybridized carbons (Fsp3) is 0.667. The third-order valence-electron chi connectivity index (χ3n) is 4.41. The maximum Gasteiger partial charge on any atom is 0.0467 e. The first-order valence-electron chi connectivity index (χ1n) is 7.00. The van der Waals surface area contributed by atoms with Crippen molar-refractivity contribution >= 4 is 0 Å². The van der Waals surface area contributed by atoms with Gasteiger partial charge in [-0.25, -0.2) is 0 Å². The van der Waals surface area contributed by atoms with E-state index in [1.54, 1.807) is 0 Å². The molecule has 0 bridgehead atoms. The number of fused-ring (bicyclic) bond motifs is 1. The summed E-state index contributed by atoms with van der Waals surface area (Å²) in [4.78, 5) is 4.59. The van der Waals surface area contributed by atoms with Gasteiger partial charge in [-0.15, -0.1) is 0 Å². The van der Waals surface area contributed by atoms with Gasteiger partial charge in [-0.05, 0) is 56.2 Å². The van der Waals surface area contributed by atoms with E-state index < -0.39 is 0 Å². The molecule has 3 rings (SSSR count). The normalized spacial score (nSPS) is 32.4. The predicted octanol–water partition coefficient (Wildman–Crippen LogP) is 2.89. The van der Waals surface area contributed by atoms with Gasteiger partial charge in [0.25, 0.3) is 0 Å². The Hall–Kier alpha value is -0.890. The van der Waals surface area contributed by atoms with Crippen LogP contribution in [0, 0.1) is 5.92 Å². The second-order valence-electron chi connectivity index (χ2n) is 5.81. The van der Waals surface area contributed by atoms with Crippen LogP contribution in [0.3, 0.4) is 0 Å². The van der Waals surface area contributed by atoms with E-state index in [4.69, 9.17) is 0 Å². The molecule has 1 saturated heterocycles. The van der Waals surface area contributed by atoms with Crippen LogP contribution in [0.2, 0.25) is 0 Å². The van der Waals surface area contributed by atoms with Gasteiger partial charge < -0.3 is 5.32 Å². The molecule has 1 N–H and O–H groups in total. The number of rotatable bonds is 2. The van der Waals surface area contributed by atoms with Gasteiger partial charge in [0, 0.05) is 23.9 Å². The van der Waals surface area contributed by atoms with Crippen molar-refractivity contribution in [2.45, 2.75) is 51.0 Å². The molecule has 0 saturated carbocycles. The minimum absolute atomic E-state index is 0.706. The van der Waals surface area contributed by atoms with Crippen LogP contribution in [-0.2, 0) is 6.42 Å². The lowest BCUT2D eigenvalue weighted by Gasteiger charge is -2.29. The minimum atomic E-state index is 0.706. The van der Waals surface area contributed by atoms with Crippen LogP contribution in [0.5, 0.6) is 0 Å². The molecule has 1 aliphatic heterocycles. The molecule has 0 radical (unpaired) electrons. The van der Waals surface area contributed by atoms with Crippen molar-refractivity contribution in [1.29, 1.82) is 0 Å². The number of hydrogen-bond acceptors (Lipinski definition) is 2. The summed E-state index contributed by atoms with van der Waals surface area (Å²) in [6.07, 6.45) is 8.51. The maximum atomic E-state index is 4.59. The van der Waals surface area contributed by atoms with Gasteiger partial charge in [0.15, 0.2) is 0 Å². The van der Waals surface area contributed by atoms with E-state index in [-0.39, 0.29) is 0 Å². The third-order valence-corrected chi connectivity index (χ3v) is 4.41. The molecule has 2 heterocycles. The number of piperidine rings is 1. The molecule has 3 atom stereocenters. The average Bonchev–Trinajstić information content (AvgIpc) is 2.76. The zero-order valence-electron chi connectivity index (χ0n) is 10.7. The van der Waals surface area contributed by atoms with E-state index >= 15 is 0 Å². The average molecular weight is 230 g/mol. The molecular formula is C15H22N2. The molecule has 0 aromatic carbocycles. The molecule has 17 heavy (non-hydrogen) atoms. The molecule has 0 spiro atoms. The summed E-state index contributed by atoms with van der Waals surface area (Å²) in [5.74, 6) is 1.57. The minimum Gasteiger partial charge on any atom is -0.314 e. The Labute approximate surface area is 104 Å². The maximum absolute atomic E-state index is 4.59. The topological polar surface area (TPSA) is 24.9 Å². The lowest BCUT2D eigenvalue weighted by Crippen LogP contribution is -2.38. The SMILES string of the molecule is CC1CCC(CC2CCc3cccnc32)NC1. The first-order valence-corrected chi connectivity index (χ1v) is 7.00. The zero-order chi connectivity index (χ0) is 11.7. The van der Waals surface area contributed by atoms with Crippen molar-refractivity contribution in [2.75, 3.05) is 6.54 Å². The monoisotopic (exact) mass is 230 g/mol. The third kappa shape index (κ3) is 2.37. The highest BCUT2D eigenvalue weighted by atomic mass is 14.9. The Kier molecular flexibility index (Phi) is 3.15. The summed E-state index contributed by atoms with van der Waals surface area (Å²) in [7, 11) is 0. The van der Waals surface area contributed by atoms with E-state index in [1.807, 2.05) is 6.20 Å². The molecule has 2 heteroatoms. The summed E-state index contributed by atoms with van der Waals surface area (Å²) in [5, 5.41) is 3.70. The van der Waals surface area contributed by atoms with Gasteiger partial charge in [0.2, 0.25) is 0 Å². The molecule has 2 nitrogen and oxygen atoms in total. The Morgan fingerprint density at radius 2 is 2.29 bits per heavy atom. The number of hydrogen-bond donors (Lipinski definition) is 1. The van der Waals surface area contributed by atoms with Crippen LogP contribution in [-0.4, -0.2) is 17.6 Å². The molecule has 1 aromatic heterocycles. The van der Waals surface area contributed by atoms with Crippen LogP contribution in [0.15, 0.2) is 18.3 Å². The highest BCUT2D eigenvalue weighted by molar-refractivity contribution is 5.28. The van der Waals surface area contributed by atoms with E-state index in [2.05, 4.69) is 29.4 Å². The van der Waals surface area contributed by atoms with Crippen LogP contribution in [0.25, 0.3) is 0 Å². The molecule has 92 valence electrons. The Morgan fingerprint density at radius 1 is 1.35 bits per heavy atom. The van der Waals surface area contributed by atoms with Gasteiger partial charge in [-0.2, -0.15) is 0 Å². The summed E-state index contributed by atoms with van der Waals surface area (Å²) in [6, 6.07) is 5.05.